The molecule has 0 bridgehead atoms. The maximum absolute atomic E-state index is 12.6. The Kier molecular flexibility index (Phi) is 6.67. The standard InChI is InChI=1S/C26H30N2O5/c1-2-22(23(29)27-16-26(24(30)31)13-7-8-14-26)28-25(32)33-15-21-19-11-5-3-9-17(19)18-10-4-6-12-20(18)21/h3-6,9-12,21-22H,2,7-8,13-16H2,1H3,(H,27,29)(H,28,32)(H,30,31)/t22-/m0/s1. The number of rotatable bonds is 8. The highest BCUT2D eigenvalue weighted by atomic mass is 16.5. The van der Waals surface area contributed by atoms with E-state index in [1.807, 2.05) is 36.4 Å². The highest BCUT2D eigenvalue weighted by Crippen LogP contribution is 2.44. The zero-order valence-electron chi connectivity index (χ0n) is 18.8. The molecule has 0 unspecified atom stereocenters. The number of alkyl carbamates (subject to hydrolysis) is 1. The molecule has 1 atom stereocenters. The molecule has 2 aliphatic carbocycles. The van der Waals surface area contributed by atoms with E-state index in [0.29, 0.717) is 19.3 Å². The summed E-state index contributed by atoms with van der Waals surface area (Å²) >= 11 is 0. The highest BCUT2D eigenvalue weighted by Gasteiger charge is 2.41. The third-order valence-electron chi connectivity index (χ3n) is 6.98. The van der Waals surface area contributed by atoms with Crippen LogP contribution in [0.2, 0.25) is 0 Å². The molecule has 0 heterocycles. The quantitative estimate of drug-likeness (QED) is 0.562. The average Bonchev–Trinajstić information content (AvgIpc) is 3.44. The summed E-state index contributed by atoms with van der Waals surface area (Å²) in [6.45, 7) is 2.03. The third kappa shape index (κ3) is 4.58. The number of fused-ring (bicyclic) bond motifs is 3. The largest absolute Gasteiger partial charge is 0.481 e. The molecule has 0 saturated heterocycles. The van der Waals surface area contributed by atoms with E-state index >= 15 is 0 Å². The Bertz CT molecular complexity index is 999. The molecule has 1 saturated carbocycles. The smallest absolute Gasteiger partial charge is 0.407 e. The fourth-order valence-electron chi connectivity index (χ4n) is 5.03. The van der Waals surface area contributed by atoms with Gasteiger partial charge in [-0.05, 0) is 41.5 Å². The van der Waals surface area contributed by atoms with Crippen LogP contribution < -0.4 is 10.6 Å². The van der Waals surface area contributed by atoms with Crippen molar-refractivity contribution in [2.24, 2.45) is 5.41 Å². The van der Waals surface area contributed by atoms with E-state index in [4.69, 9.17) is 4.74 Å². The van der Waals surface area contributed by atoms with Crippen LogP contribution in [0.5, 0.6) is 0 Å². The molecule has 2 aromatic carbocycles. The van der Waals surface area contributed by atoms with Gasteiger partial charge in [0.25, 0.3) is 0 Å². The number of ether oxygens (including phenoxy) is 1. The van der Waals surface area contributed by atoms with Crippen LogP contribution in [-0.2, 0) is 14.3 Å². The van der Waals surface area contributed by atoms with Crippen molar-refractivity contribution < 1.29 is 24.2 Å². The molecular formula is C26H30N2O5. The molecule has 3 N–H and O–H groups in total. The van der Waals surface area contributed by atoms with Gasteiger partial charge >= 0.3 is 12.1 Å². The minimum absolute atomic E-state index is 0.0603. The van der Waals surface area contributed by atoms with Crippen LogP contribution in [0, 0.1) is 5.41 Å². The lowest BCUT2D eigenvalue weighted by Crippen LogP contribution is -2.50. The van der Waals surface area contributed by atoms with Crippen molar-refractivity contribution in [1.82, 2.24) is 10.6 Å². The molecule has 2 aromatic rings. The van der Waals surface area contributed by atoms with Gasteiger partial charge in [0.05, 0.1) is 5.41 Å². The van der Waals surface area contributed by atoms with Crippen molar-refractivity contribution in [2.75, 3.05) is 13.2 Å². The number of nitrogens with one attached hydrogen (secondary N) is 2. The van der Waals surface area contributed by atoms with Gasteiger partial charge in [-0.25, -0.2) is 4.79 Å². The van der Waals surface area contributed by atoms with Crippen molar-refractivity contribution in [3.05, 3.63) is 59.7 Å². The Hall–Kier alpha value is -3.35. The van der Waals surface area contributed by atoms with E-state index in [1.54, 1.807) is 6.92 Å². The molecule has 0 aliphatic heterocycles. The van der Waals surface area contributed by atoms with E-state index in [0.717, 1.165) is 35.1 Å². The zero-order valence-corrected chi connectivity index (χ0v) is 18.8. The molecule has 174 valence electrons. The molecular weight excluding hydrogens is 420 g/mol. The van der Waals surface area contributed by atoms with Crippen molar-refractivity contribution in [2.45, 2.75) is 51.0 Å². The Morgan fingerprint density at radius 3 is 2.15 bits per heavy atom. The van der Waals surface area contributed by atoms with E-state index in [-0.39, 0.29) is 19.1 Å². The number of amides is 2. The fraction of sp³-hybridized carbons (Fsp3) is 0.423. The van der Waals surface area contributed by atoms with Gasteiger partial charge in [-0.1, -0.05) is 68.3 Å². The summed E-state index contributed by atoms with van der Waals surface area (Å²) in [5.74, 6) is -1.33. The first-order chi connectivity index (χ1) is 15.9. The van der Waals surface area contributed by atoms with E-state index in [2.05, 4.69) is 22.8 Å². The van der Waals surface area contributed by atoms with E-state index in [1.165, 1.54) is 0 Å². The van der Waals surface area contributed by atoms with Crippen LogP contribution in [0.25, 0.3) is 11.1 Å². The lowest BCUT2D eigenvalue weighted by molar-refractivity contribution is -0.148. The van der Waals surface area contributed by atoms with Crippen LogP contribution >= 0.6 is 0 Å². The molecule has 2 aliphatic rings. The van der Waals surface area contributed by atoms with Gasteiger partial charge in [-0.3, -0.25) is 9.59 Å². The number of carbonyl (C=O) groups excluding carboxylic acids is 2. The van der Waals surface area contributed by atoms with E-state index in [9.17, 15) is 19.5 Å². The van der Waals surface area contributed by atoms with Gasteiger partial charge in [0.1, 0.15) is 12.6 Å². The van der Waals surface area contributed by atoms with Gasteiger partial charge in [-0.15, -0.1) is 0 Å². The van der Waals surface area contributed by atoms with Gasteiger partial charge in [0.2, 0.25) is 5.91 Å². The van der Waals surface area contributed by atoms with Crippen molar-refractivity contribution in [3.63, 3.8) is 0 Å². The maximum atomic E-state index is 12.6. The third-order valence-corrected chi connectivity index (χ3v) is 6.98. The van der Waals surface area contributed by atoms with E-state index < -0.39 is 29.4 Å². The topological polar surface area (TPSA) is 105 Å². The van der Waals surface area contributed by atoms with Crippen LogP contribution in [0.4, 0.5) is 4.79 Å². The van der Waals surface area contributed by atoms with Crippen LogP contribution in [0.15, 0.2) is 48.5 Å². The van der Waals surface area contributed by atoms with Crippen LogP contribution in [0.3, 0.4) is 0 Å². The first-order valence-corrected chi connectivity index (χ1v) is 11.6. The summed E-state index contributed by atoms with van der Waals surface area (Å²) in [4.78, 5) is 36.9. The number of benzene rings is 2. The average molecular weight is 451 g/mol. The SMILES string of the molecule is CC[C@H](NC(=O)OCC1c2ccccc2-c2ccccc21)C(=O)NCC1(C(=O)O)CCCC1. The summed E-state index contributed by atoms with van der Waals surface area (Å²) in [5.41, 5.74) is 3.62. The second kappa shape index (κ2) is 9.65. The minimum Gasteiger partial charge on any atom is -0.481 e. The Morgan fingerprint density at radius 1 is 1.03 bits per heavy atom. The Balaban J connectivity index is 1.34. The molecule has 7 nitrogen and oxygen atoms in total. The number of carboxylic acid groups (broad SMARTS) is 1. The number of hydrogen-bond donors (Lipinski definition) is 3. The first-order valence-electron chi connectivity index (χ1n) is 11.6. The van der Waals surface area contributed by atoms with Gasteiger partial charge in [0, 0.05) is 12.5 Å². The fourth-order valence-corrected chi connectivity index (χ4v) is 5.03. The van der Waals surface area contributed by atoms with Crippen molar-refractivity contribution in [1.29, 1.82) is 0 Å². The zero-order chi connectivity index (χ0) is 23.4. The second-order valence-electron chi connectivity index (χ2n) is 8.94. The summed E-state index contributed by atoms with van der Waals surface area (Å²) < 4.78 is 5.53. The summed E-state index contributed by atoms with van der Waals surface area (Å²) in [6, 6.07) is 15.4. The van der Waals surface area contributed by atoms with Gasteiger partial charge in [-0.2, -0.15) is 0 Å². The molecule has 4 rings (SSSR count). The normalized spacial score (nSPS) is 17.0. The number of hydrogen-bond acceptors (Lipinski definition) is 4. The predicted octanol–water partition coefficient (Wildman–Crippen LogP) is 4.06. The number of carbonyl (C=O) groups is 3. The molecule has 1 fully saturated rings. The minimum atomic E-state index is -0.905. The molecule has 0 radical (unpaired) electrons. The van der Waals surface area contributed by atoms with Crippen LogP contribution in [0.1, 0.15) is 56.1 Å². The lowest BCUT2D eigenvalue weighted by atomic mass is 9.86. The van der Waals surface area contributed by atoms with Gasteiger partial charge in [0.15, 0.2) is 0 Å². The lowest BCUT2D eigenvalue weighted by Gasteiger charge is -2.25. The van der Waals surface area contributed by atoms with Crippen LogP contribution in [-0.4, -0.2) is 42.3 Å². The monoisotopic (exact) mass is 450 g/mol. The summed E-state index contributed by atoms with van der Waals surface area (Å²) in [6.07, 6.45) is 2.51. The number of carboxylic acids is 1. The molecule has 7 heteroatoms. The molecule has 33 heavy (non-hydrogen) atoms. The Morgan fingerprint density at radius 2 is 1.61 bits per heavy atom. The van der Waals surface area contributed by atoms with Crippen molar-refractivity contribution >= 4 is 18.0 Å². The second-order valence-corrected chi connectivity index (χ2v) is 8.94. The molecule has 2 amide bonds. The van der Waals surface area contributed by atoms with Gasteiger partial charge < -0.3 is 20.5 Å². The Labute approximate surface area is 193 Å². The molecule has 0 spiro atoms. The number of aliphatic carboxylic acids is 1. The van der Waals surface area contributed by atoms with Crippen molar-refractivity contribution in [3.8, 4) is 11.1 Å². The summed E-state index contributed by atoms with van der Waals surface area (Å²) in [7, 11) is 0. The highest BCUT2D eigenvalue weighted by molar-refractivity contribution is 5.86. The summed E-state index contributed by atoms with van der Waals surface area (Å²) in [5, 5.41) is 15.0. The first kappa shape index (κ1) is 22.8. The maximum Gasteiger partial charge on any atom is 0.407 e. The molecule has 0 aromatic heterocycles. The predicted molar refractivity (Wildman–Crippen MR) is 124 cm³/mol.